The van der Waals surface area contributed by atoms with Gasteiger partial charge in [0.05, 0.1) is 0 Å². The van der Waals surface area contributed by atoms with Gasteiger partial charge in [0.15, 0.2) is 0 Å². The first-order valence-corrected chi connectivity index (χ1v) is 7.96. The van der Waals surface area contributed by atoms with Crippen molar-refractivity contribution in [1.29, 1.82) is 0 Å². The van der Waals surface area contributed by atoms with Crippen molar-refractivity contribution in [3.05, 3.63) is 56.7 Å². The largest absolute Gasteiger partial charge is 0.347 e. The summed E-state index contributed by atoms with van der Waals surface area (Å²) in [5, 5.41) is 2.95. The minimum Gasteiger partial charge on any atom is -0.347 e. The zero-order valence-electron chi connectivity index (χ0n) is 11.4. The summed E-state index contributed by atoms with van der Waals surface area (Å²) in [6, 6.07) is 10.00. The second-order valence-electron chi connectivity index (χ2n) is 4.85. The Bertz CT molecular complexity index is 603. The van der Waals surface area contributed by atoms with Crippen LogP contribution in [0.2, 0.25) is 0 Å². The van der Waals surface area contributed by atoms with Crippen LogP contribution in [-0.2, 0) is 6.54 Å². The van der Waals surface area contributed by atoms with Gasteiger partial charge in [-0.25, -0.2) is 0 Å². The first-order chi connectivity index (χ1) is 9.47. The van der Waals surface area contributed by atoms with Gasteiger partial charge in [0.2, 0.25) is 0 Å². The van der Waals surface area contributed by atoms with E-state index in [1.807, 2.05) is 41.1 Å². The minimum absolute atomic E-state index is 0.0627. The Labute approximate surface area is 135 Å². The van der Waals surface area contributed by atoms with Crippen molar-refractivity contribution in [1.82, 2.24) is 9.88 Å². The van der Waals surface area contributed by atoms with Gasteiger partial charge in [0, 0.05) is 27.7 Å². The molecule has 1 amide bonds. The van der Waals surface area contributed by atoms with Crippen molar-refractivity contribution in [3.63, 3.8) is 0 Å². The molecule has 5 heteroatoms. The molecule has 0 aliphatic carbocycles. The molecule has 0 spiro atoms. The fraction of sp³-hybridized carbons (Fsp3) is 0.267. The van der Waals surface area contributed by atoms with Gasteiger partial charge < -0.3 is 9.88 Å². The van der Waals surface area contributed by atoms with E-state index in [4.69, 9.17) is 0 Å². The number of benzene rings is 1. The standard InChI is InChI=1S/C15H16Br2N2O/c1-10(2)19-9-13(17)7-14(19)15(20)18-8-11-3-5-12(16)6-4-11/h3-7,9-10H,8H2,1-2H3,(H,18,20). The number of aromatic nitrogens is 1. The summed E-state index contributed by atoms with van der Waals surface area (Å²) in [4.78, 5) is 12.3. The van der Waals surface area contributed by atoms with E-state index in [1.165, 1.54) is 0 Å². The fourth-order valence-corrected chi connectivity index (χ4v) is 2.63. The summed E-state index contributed by atoms with van der Waals surface area (Å²) in [6.07, 6.45) is 1.93. The Kier molecular flexibility index (Phi) is 5.05. The lowest BCUT2D eigenvalue weighted by Crippen LogP contribution is -2.25. The second kappa shape index (κ2) is 6.59. The Morgan fingerprint density at radius 3 is 2.45 bits per heavy atom. The van der Waals surface area contributed by atoms with E-state index in [9.17, 15) is 4.79 Å². The topological polar surface area (TPSA) is 34.0 Å². The molecule has 0 saturated heterocycles. The maximum Gasteiger partial charge on any atom is 0.268 e. The van der Waals surface area contributed by atoms with E-state index in [1.54, 1.807) is 0 Å². The molecular formula is C15H16Br2N2O. The van der Waals surface area contributed by atoms with E-state index in [0.29, 0.717) is 12.2 Å². The van der Waals surface area contributed by atoms with Crippen LogP contribution in [0, 0.1) is 0 Å². The molecule has 0 aliphatic rings. The van der Waals surface area contributed by atoms with E-state index in [-0.39, 0.29) is 11.9 Å². The van der Waals surface area contributed by atoms with Crippen molar-refractivity contribution in [2.75, 3.05) is 0 Å². The molecule has 0 saturated carbocycles. The average Bonchev–Trinajstić information content (AvgIpc) is 2.80. The van der Waals surface area contributed by atoms with Gasteiger partial charge in [-0.2, -0.15) is 0 Å². The second-order valence-corrected chi connectivity index (χ2v) is 6.69. The Morgan fingerprint density at radius 1 is 1.20 bits per heavy atom. The molecule has 0 atom stereocenters. The zero-order valence-corrected chi connectivity index (χ0v) is 14.5. The highest BCUT2D eigenvalue weighted by Gasteiger charge is 2.14. The molecule has 0 fully saturated rings. The molecule has 3 nitrogen and oxygen atoms in total. The van der Waals surface area contributed by atoms with Gasteiger partial charge >= 0.3 is 0 Å². The van der Waals surface area contributed by atoms with Crippen LogP contribution in [0.3, 0.4) is 0 Å². The van der Waals surface area contributed by atoms with Crippen LogP contribution in [0.4, 0.5) is 0 Å². The number of hydrogen-bond acceptors (Lipinski definition) is 1. The van der Waals surface area contributed by atoms with Gasteiger partial charge in [-0.1, -0.05) is 28.1 Å². The Hall–Kier alpha value is -1.07. The van der Waals surface area contributed by atoms with E-state index in [2.05, 4.69) is 51.0 Å². The van der Waals surface area contributed by atoms with Crippen LogP contribution in [0.15, 0.2) is 45.5 Å². The SMILES string of the molecule is CC(C)n1cc(Br)cc1C(=O)NCc1ccc(Br)cc1. The van der Waals surface area contributed by atoms with Crippen LogP contribution in [0.25, 0.3) is 0 Å². The van der Waals surface area contributed by atoms with Crippen LogP contribution in [-0.4, -0.2) is 10.5 Å². The van der Waals surface area contributed by atoms with Gasteiger partial charge in [-0.15, -0.1) is 0 Å². The predicted octanol–water partition coefficient (Wildman–Crippen LogP) is 4.52. The molecular weight excluding hydrogens is 384 g/mol. The molecule has 1 aromatic heterocycles. The predicted molar refractivity (Wildman–Crippen MR) is 87.8 cm³/mol. The summed E-state index contributed by atoms with van der Waals surface area (Å²) in [7, 11) is 0. The maximum absolute atomic E-state index is 12.3. The molecule has 0 radical (unpaired) electrons. The summed E-state index contributed by atoms with van der Waals surface area (Å²) in [5.74, 6) is -0.0627. The van der Waals surface area contributed by atoms with Crippen molar-refractivity contribution >= 4 is 37.8 Å². The Balaban J connectivity index is 2.07. The van der Waals surface area contributed by atoms with Crippen molar-refractivity contribution in [2.45, 2.75) is 26.4 Å². The number of nitrogens with zero attached hydrogens (tertiary/aromatic N) is 1. The zero-order chi connectivity index (χ0) is 14.7. The third-order valence-electron chi connectivity index (χ3n) is 2.97. The lowest BCUT2D eigenvalue weighted by atomic mass is 10.2. The van der Waals surface area contributed by atoms with Crippen LogP contribution in [0.1, 0.15) is 35.9 Å². The van der Waals surface area contributed by atoms with Crippen molar-refractivity contribution < 1.29 is 4.79 Å². The van der Waals surface area contributed by atoms with Crippen LogP contribution in [0.5, 0.6) is 0 Å². The third kappa shape index (κ3) is 3.73. The number of amides is 1. The molecule has 2 rings (SSSR count). The number of rotatable bonds is 4. The number of halogens is 2. The summed E-state index contributed by atoms with van der Waals surface area (Å²) in [5.41, 5.74) is 1.74. The van der Waals surface area contributed by atoms with Crippen molar-refractivity contribution in [3.8, 4) is 0 Å². The third-order valence-corrected chi connectivity index (χ3v) is 3.93. The quantitative estimate of drug-likeness (QED) is 0.805. The monoisotopic (exact) mass is 398 g/mol. The van der Waals surface area contributed by atoms with Gasteiger partial charge in [-0.3, -0.25) is 4.79 Å². The van der Waals surface area contributed by atoms with E-state index in [0.717, 1.165) is 14.5 Å². The molecule has 20 heavy (non-hydrogen) atoms. The number of carbonyl (C=O) groups excluding carboxylic acids is 1. The highest BCUT2D eigenvalue weighted by molar-refractivity contribution is 9.10. The minimum atomic E-state index is -0.0627. The summed E-state index contributed by atoms with van der Waals surface area (Å²) < 4.78 is 3.91. The highest BCUT2D eigenvalue weighted by Crippen LogP contribution is 2.19. The van der Waals surface area contributed by atoms with Gasteiger partial charge in [0.1, 0.15) is 5.69 Å². The van der Waals surface area contributed by atoms with Gasteiger partial charge in [-0.05, 0) is 53.5 Å². The average molecular weight is 400 g/mol. The summed E-state index contributed by atoms with van der Waals surface area (Å²) in [6.45, 7) is 4.63. The maximum atomic E-state index is 12.3. The number of hydrogen-bond donors (Lipinski definition) is 1. The molecule has 1 aromatic carbocycles. The molecule has 1 N–H and O–H groups in total. The lowest BCUT2D eigenvalue weighted by molar-refractivity contribution is 0.0940. The van der Waals surface area contributed by atoms with Crippen LogP contribution >= 0.6 is 31.9 Å². The number of nitrogens with one attached hydrogen (secondary N) is 1. The molecule has 106 valence electrons. The lowest BCUT2D eigenvalue weighted by Gasteiger charge is -2.12. The molecule has 1 heterocycles. The van der Waals surface area contributed by atoms with Gasteiger partial charge in [0.25, 0.3) is 5.91 Å². The first kappa shape index (κ1) is 15.3. The molecule has 0 aliphatic heterocycles. The van der Waals surface area contributed by atoms with E-state index >= 15 is 0 Å². The smallest absolute Gasteiger partial charge is 0.268 e. The molecule has 2 aromatic rings. The highest BCUT2D eigenvalue weighted by atomic mass is 79.9. The summed E-state index contributed by atoms with van der Waals surface area (Å²) >= 11 is 6.81. The van der Waals surface area contributed by atoms with E-state index < -0.39 is 0 Å². The first-order valence-electron chi connectivity index (χ1n) is 6.37. The fourth-order valence-electron chi connectivity index (χ4n) is 1.93. The van der Waals surface area contributed by atoms with Crippen molar-refractivity contribution in [2.24, 2.45) is 0 Å². The normalized spacial score (nSPS) is 10.8. The van der Waals surface area contributed by atoms with Crippen LogP contribution < -0.4 is 5.32 Å². The number of carbonyl (C=O) groups is 1. The molecule has 0 unspecified atom stereocenters. The Morgan fingerprint density at radius 2 is 1.85 bits per heavy atom. The molecule has 0 bridgehead atoms.